The van der Waals surface area contributed by atoms with Crippen molar-refractivity contribution in [2.75, 3.05) is 13.1 Å². The molecule has 0 spiro atoms. The van der Waals surface area contributed by atoms with Crippen LogP contribution in [0.4, 0.5) is 0 Å². The summed E-state index contributed by atoms with van der Waals surface area (Å²) in [7, 11) is 0. The first-order chi connectivity index (χ1) is 4.45. The first kappa shape index (κ1) is 13.3. The van der Waals surface area contributed by atoms with Gasteiger partial charge in [0.15, 0.2) is 0 Å². The number of hydrogen-bond donors (Lipinski definition) is 3. The molecule has 1 amide bonds. The summed E-state index contributed by atoms with van der Waals surface area (Å²) in [4.78, 5) is 10.5. The standard InChI is InChI=1S/C6H14N2O2.ClH/c1-6(2,10)4-8-5(9)3-7;/h10H,3-4,7H2,1-2H3,(H,8,9);1H. The Labute approximate surface area is 72.6 Å². The summed E-state index contributed by atoms with van der Waals surface area (Å²) in [6.07, 6.45) is 0. The van der Waals surface area contributed by atoms with Gasteiger partial charge in [-0.25, -0.2) is 0 Å². The maximum Gasteiger partial charge on any atom is 0.233 e. The molecule has 0 unspecified atom stereocenters. The fourth-order valence-electron chi connectivity index (χ4n) is 0.387. The lowest BCUT2D eigenvalue weighted by molar-refractivity contribution is -0.120. The maximum absolute atomic E-state index is 10.5. The Balaban J connectivity index is 0. The van der Waals surface area contributed by atoms with Gasteiger partial charge in [-0.05, 0) is 13.8 Å². The molecule has 0 saturated carbocycles. The molecule has 0 aromatic carbocycles. The van der Waals surface area contributed by atoms with E-state index in [2.05, 4.69) is 5.32 Å². The maximum atomic E-state index is 10.5. The van der Waals surface area contributed by atoms with E-state index in [-0.39, 0.29) is 31.4 Å². The first-order valence-corrected chi connectivity index (χ1v) is 3.15. The van der Waals surface area contributed by atoms with E-state index in [1.807, 2.05) is 0 Å². The molecule has 0 saturated heterocycles. The molecule has 68 valence electrons. The van der Waals surface area contributed by atoms with E-state index in [1.165, 1.54) is 0 Å². The van der Waals surface area contributed by atoms with E-state index in [4.69, 9.17) is 10.8 Å². The van der Waals surface area contributed by atoms with Crippen molar-refractivity contribution in [3.63, 3.8) is 0 Å². The highest BCUT2D eigenvalue weighted by atomic mass is 35.5. The van der Waals surface area contributed by atoms with Crippen LogP contribution < -0.4 is 11.1 Å². The monoisotopic (exact) mass is 182 g/mol. The molecule has 0 radical (unpaired) electrons. The molecule has 0 heterocycles. The van der Waals surface area contributed by atoms with Gasteiger partial charge in [-0.1, -0.05) is 0 Å². The largest absolute Gasteiger partial charge is 0.389 e. The molecule has 0 aromatic heterocycles. The highest BCUT2D eigenvalue weighted by molar-refractivity contribution is 5.85. The van der Waals surface area contributed by atoms with Gasteiger partial charge in [0.1, 0.15) is 0 Å². The van der Waals surface area contributed by atoms with Crippen molar-refractivity contribution in [1.29, 1.82) is 0 Å². The lowest BCUT2D eigenvalue weighted by atomic mass is 10.1. The van der Waals surface area contributed by atoms with Crippen molar-refractivity contribution in [1.82, 2.24) is 5.32 Å². The molecule has 11 heavy (non-hydrogen) atoms. The molecule has 0 rings (SSSR count). The Morgan fingerprint density at radius 2 is 2.09 bits per heavy atom. The number of nitrogens with one attached hydrogen (secondary N) is 1. The van der Waals surface area contributed by atoms with Crippen molar-refractivity contribution < 1.29 is 9.90 Å². The second-order valence-corrected chi connectivity index (χ2v) is 2.79. The van der Waals surface area contributed by atoms with Crippen LogP contribution in [0.5, 0.6) is 0 Å². The minimum Gasteiger partial charge on any atom is -0.389 e. The van der Waals surface area contributed by atoms with Crippen LogP contribution in [0.2, 0.25) is 0 Å². The Bertz CT molecular complexity index is 122. The van der Waals surface area contributed by atoms with Crippen LogP contribution in [-0.4, -0.2) is 29.7 Å². The van der Waals surface area contributed by atoms with Crippen LogP contribution in [0.15, 0.2) is 0 Å². The van der Waals surface area contributed by atoms with E-state index in [0.717, 1.165) is 0 Å². The van der Waals surface area contributed by atoms with Crippen LogP contribution in [0.3, 0.4) is 0 Å². The predicted octanol–water partition coefficient (Wildman–Crippen LogP) is -0.746. The third-order valence-electron chi connectivity index (χ3n) is 0.904. The molecule has 0 fully saturated rings. The van der Waals surface area contributed by atoms with Crippen LogP contribution in [-0.2, 0) is 4.79 Å². The molecular weight excluding hydrogens is 168 g/mol. The molecule has 5 heteroatoms. The Hall–Kier alpha value is -0.320. The zero-order valence-electron chi connectivity index (χ0n) is 6.76. The zero-order chi connectivity index (χ0) is 8.20. The van der Waals surface area contributed by atoms with E-state index >= 15 is 0 Å². The summed E-state index contributed by atoms with van der Waals surface area (Å²) in [5.41, 5.74) is 4.15. The summed E-state index contributed by atoms with van der Waals surface area (Å²) in [6.45, 7) is 3.44. The third kappa shape index (κ3) is 9.68. The predicted molar refractivity (Wildman–Crippen MR) is 45.6 cm³/mol. The minimum atomic E-state index is -0.856. The molecule has 4 nitrogen and oxygen atoms in total. The van der Waals surface area contributed by atoms with Crippen molar-refractivity contribution in [2.45, 2.75) is 19.4 Å². The summed E-state index contributed by atoms with van der Waals surface area (Å²) < 4.78 is 0. The topological polar surface area (TPSA) is 75.3 Å². The van der Waals surface area contributed by atoms with E-state index in [0.29, 0.717) is 0 Å². The van der Waals surface area contributed by atoms with Gasteiger partial charge < -0.3 is 16.2 Å². The summed E-state index contributed by atoms with van der Waals surface area (Å²) >= 11 is 0. The van der Waals surface area contributed by atoms with Crippen LogP contribution >= 0.6 is 12.4 Å². The molecule has 0 aliphatic heterocycles. The highest BCUT2D eigenvalue weighted by Crippen LogP contribution is 1.96. The van der Waals surface area contributed by atoms with Gasteiger partial charge in [-0.2, -0.15) is 0 Å². The first-order valence-electron chi connectivity index (χ1n) is 3.15. The van der Waals surface area contributed by atoms with Crippen LogP contribution in [0.25, 0.3) is 0 Å². The number of aliphatic hydroxyl groups is 1. The van der Waals surface area contributed by atoms with Crippen molar-refractivity contribution in [3.05, 3.63) is 0 Å². The fourth-order valence-corrected chi connectivity index (χ4v) is 0.387. The number of amides is 1. The molecule has 0 aliphatic carbocycles. The number of halogens is 1. The summed E-state index contributed by atoms with van der Waals surface area (Å²) in [6, 6.07) is 0. The number of carbonyl (C=O) groups excluding carboxylic acids is 1. The lowest BCUT2D eigenvalue weighted by Gasteiger charge is -2.16. The Morgan fingerprint density at radius 1 is 1.64 bits per heavy atom. The quantitative estimate of drug-likeness (QED) is 0.538. The van der Waals surface area contributed by atoms with Crippen LogP contribution in [0, 0.1) is 0 Å². The SMILES string of the molecule is CC(C)(O)CNC(=O)CN.Cl. The molecule has 0 atom stereocenters. The smallest absolute Gasteiger partial charge is 0.233 e. The average Bonchev–Trinajstić information content (AvgIpc) is 1.81. The molecule has 0 aromatic rings. The van der Waals surface area contributed by atoms with Gasteiger partial charge in [0, 0.05) is 6.54 Å². The number of rotatable bonds is 3. The summed E-state index contributed by atoms with van der Waals surface area (Å²) in [5, 5.41) is 11.6. The minimum absolute atomic E-state index is 0. The molecule has 0 bridgehead atoms. The van der Waals surface area contributed by atoms with Gasteiger partial charge in [-0.15, -0.1) is 12.4 Å². The zero-order valence-corrected chi connectivity index (χ0v) is 7.57. The molecule has 4 N–H and O–H groups in total. The van der Waals surface area contributed by atoms with E-state index in [9.17, 15) is 4.79 Å². The van der Waals surface area contributed by atoms with Gasteiger partial charge in [-0.3, -0.25) is 4.79 Å². The van der Waals surface area contributed by atoms with E-state index < -0.39 is 5.60 Å². The molecule has 0 aliphatic rings. The second kappa shape index (κ2) is 5.35. The Morgan fingerprint density at radius 3 is 2.36 bits per heavy atom. The van der Waals surface area contributed by atoms with Crippen LogP contribution in [0.1, 0.15) is 13.8 Å². The number of nitrogens with two attached hydrogens (primary N) is 1. The second-order valence-electron chi connectivity index (χ2n) is 2.79. The Kier molecular flexibility index (Phi) is 6.46. The average molecular weight is 183 g/mol. The number of hydrogen-bond acceptors (Lipinski definition) is 3. The van der Waals surface area contributed by atoms with Gasteiger partial charge in [0.2, 0.25) is 5.91 Å². The van der Waals surface area contributed by atoms with Gasteiger partial charge in [0.25, 0.3) is 0 Å². The molecular formula is C6H15ClN2O2. The van der Waals surface area contributed by atoms with Crippen molar-refractivity contribution in [3.8, 4) is 0 Å². The van der Waals surface area contributed by atoms with Crippen molar-refractivity contribution in [2.24, 2.45) is 5.73 Å². The lowest BCUT2D eigenvalue weighted by Crippen LogP contribution is -2.40. The fraction of sp³-hybridized carbons (Fsp3) is 0.833. The normalized spacial score (nSPS) is 10.2. The van der Waals surface area contributed by atoms with E-state index in [1.54, 1.807) is 13.8 Å². The van der Waals surface area contributed by atoms with Crippen molar-refractivity contribution >= 4 is 18.3 Å². The van der Waals surface area contributed by atoms with Gasteiger partial charge in [0.05, 0.1) is 12.1 Å². The number of carbonyl (C=O) groups is 1. The third-order valence-corrected chi connectivity index (χ3v) is 0.904. The summed E-state index contributed by atoms with van der Waals surface area (Å²) in [5.74, 6) is -0.248. The van der Waals surface area contributed by atoms with Gasteiger partial charge >= 0.3 is 0 Å². The highest BCUT2D eigenvalue weighted by Gasteiger charge is 2.12.